The van der Waals surface area contributed by atoms with Crippen LogP contribution >= 0.6 is 0 Å². The van der Waals surface area contributed by atoms with Crippen LogP contribution in [0, 0.1) is 0 Å². The first-order valence-corrected chi connectivity index (χ1v) is 26.6. The van der Waals surface area contributed by atoms with Gasteiger partial charge in [0.1, 0.15) is 34.5 Å². The maximum absolute atomic E-state index is 6.65. The molecule has 0 aliphatic rings. The second-order valence-electron chi connectivity index (χ2n) is 18.1. The number of rotatable bonds is 30. The van der Waals surface area contributed by atoms with E-state index >= 15 is 0 Å². The summed E-state index contributed by atoms with van der Waals surface area (Å²) >= 11 is 0. The molecule has 7 aromatic rings. The lowest BCUT2D eigenvalue weighted by molar-refractivity contribution is 0.303. The zero-order chi connectivity index (χ0) is 50.3. The molecule has 0 saturated heterocycles. The molecule has 378 valence electrons. The molecular formula is C62H74N4O6. The Hall–Kier alpha value is -6.94. The van der Waals surface area contributed by atoms with E-state index in [9.17, 15) is 0 Å². The Morgan fingerprint density at radius 1 is 0.306 bits per heavy atom. The molecule has 10 nitrogen and oxygen atoms in total. The summed E-state index contributed by atoms with van der Waals surface area (Å²) in [5, 5.41) is 0. The van der Waals surface area contributed by atoms with Gasteiger partial charge in [-0.2, -0.15) is 0 Å². The van der Waals surface area contributed by atoms with E-state index in [4.69, 9.17) is 38.4 Å². The second-order valence-corrected chi connectivity index (χ2v) is 18.1. The van der Waals surface area contributed by atoms with E-state index < -0.39 is 0 Å². The van der Waals surface area contributed by atoms with Gasteiger partial charge in [0.05, 0.1) is 56.7 Å². The minimum atomic E-state index is 0.564. The van der Waals surface area contributed by atoms with Gasteiger partial charge >= 0.3 is 0 Å². The Bertz CT molecular complexity index is 2530. The molecule has 4 heterocycles. The molecule has 10 heteroatoms. The Balaban J connectivity index is 1.29. The van der Waals surface area contributed by atoms with Crippen molar-refractivity contribution in [1.82, 2.24) is 19.9 Å². The molecule has 3 aromatic carbocycles. The zero-order valence-electron chi connectivity index (χ0n) is 43.5. The van der Waals surface area contributed by atoms with Crippen LogP contribution in [0.3, 0.4) is 0 Å². The summed E-state index contributed by atoms with van der Waals surface area (Å²) in [6.45, 7) is 16.6. The van der Waals surface area contributed by atoms with Gasteiger partial charge in [-0.05, 0) is 105 Å². The third-order valence-corrected chi connectivity index (χ3v) is 12.4. The molecule has 0 aliphatic heterocycles. The maximum atomic E-state index is 6.65. The highest BCUT2D eigenvalue weighted by Gasteiger charge is 2.22. The number of pyridine rings is 4. The number of ether oxygens (including phenoxy) is 6. The molecular weight excluding hydrogens is 897 g/mol. The van der Waals surface area contributed by atoms with Gasteiger partial charge in [-0.3, -0.25) is 19.9 Å². The molecule has 0 aliphatic carbocycles. The summed E-state index contributed by atoms with van der Waals surface area (Å²) in [4.78, 5) is 19.3. The molecule has 0 atom stereocenters. The normalized spacial score (nSPS) is 11.1. The topological polar surface area (TPSA) is 107 Å². The van der Waals surface area contributed by atoms with Crippen LogP contribution < -0.4 is 28.4 Å². The van der Waals surface area contributed by atoms with Crippen LogP contribution in [0.4, 0.5) is 0 Å². The van der Waals surface area contributed by atoms with E-state index in [2.05, 4.69) is 118 Å². The maximum Gasteiger partial charge on any atom is 0.129 e. The molecule has 0 N–H and O–H groups in total. The predicted octanol–water partition coefficient (Wildman–Crippen LogP) is 16.3. The third-order valence-electron chi connectivity index (χ3n) is 12.4. The fourth-order valence-corrected chi connectivity index (χ4v) is 8.10. The first-order chi connectivity index (χ1) is 35.5. The molecule has 0 radical (unpaired) electrons. The average Bonchev–Trinajstić information content (AvgIpc) is 3.42. The van der Waals surface area contributed by atoms with Crippen molar-refractivity contribution in [2.45, 2.75) is 119 Å². The SMILES string of the molecule is CCCCOc1cc(-c2ccc(-c3cc(OCCCC)c(-c4ccc(-c5cc(OCCCC)c(-c6ccccn6)cc5OCCCC)cn4)cc3OCCCC)cn2)c(OCCCC)cc1-c1cccnc1. The average molecular weight is 971 g/mol. The summed E-state index contributed by atoms with van der Waals surface area (Å²) in [6, 6.07) is 30.8. The van der Waals surface area contributed by atoms with Crippen molar-refractivity contribution in [3.05, 3.63) is 122 Å². The smallest absolute Gasteiger partial charge is 0.129 e. The lowest BCUT2D eigenvalue weighted by Gasteiger charge is -2.19. The number of benzene rings is 3. The van der Waals surface area contributed by atoms with Crippen molar-refractivity contribution in [1.29, 1.82) is 0 Å². The van der Waals surface area contributed by atoms with Crippen LogP contribution in [0.25, 0.3) is 67.2 Å². The fourth-order valence-electron chi connectivity index (χ4n) is 8.10. The van der Waals surface area contributed by atoms with Gasteiger partial charge in [-0.1, -0.05) is 104 Å². The van der Waals surface area contributed by atoms with Crippen molar-refractivity contribution in [2.75, 3.05) is 39.6 Å². The van der Waals surface area contributed by atoms with Gasteiger partial charge < -0.3 is 28.4 Å². The van der Waals surface area contributed by atoms with Gasteiger partial charge in [-0.25, -0.2) is 0 Å². The van der Waals surface area contributed by atoms with E-state index in [-0.39, 0.29) is 0 Å². The summed E-state index contributed by atoms with van der Waals surface area (Å²) in [6.07, 6.45) is 21.0. The highest BCUT2D eigenvalue weighted by Crippen LogP contribution is 2.45. The van der Waals surface area contributed by atoms with Crippen molar-refractivity contribution in [3.8, 4) is 102 Å². The lowest BCUT2D eigenvalue weighted by Crippen LogP contribution is -2.04. The predicted molar refractivity (Wildman–Crippen MR) is 293 cm³/mol. The Kier molecular flexibility index (Phi) is 20.7. The number of unbranched alkanes of at least 4 members (excludes halogenated alkanes) is 6. The Morgan fingerprint density at radius 2 is 0.639 bits per heavy atom. The fraction of sp³-hybridized carbons (Fsp3) is 0.387. The number of aromatic nitrogens is 4. The standard InChI is InChI=1S/C62H74N4O6/c1-7-13-30-67-57-40-52(61(71-34-17-11-5)36-48(57)45-22-21-28-63-42-45)55-26-25-47(44-65-55)50-38-62(72-35-18-12-6)53(41-59(50)69-32-15-9-3)56-27-24-46(43-66-56)49-37-60(70-33-16-10-4)51(54-23-19-20-29-64-54)39-58(49)68-31-14-8-2/h19-29,36-44H,7-18,30-35H2,1-6H3. The summed E-state index contributed by atoms with van der Waals surface area (Å²) < 4.78 is 39.2. The zero-order valence-corrected chi connectivity index (χ0v) is 43.5. The van der Waals surface area contributed by atoms with Crippen molar-refractivity contribution >= 4 is 0 Å². The first-order valence-electron chi connectivity index (χ1n) is 26.6. The molecule has 0 fully saturated rings. The largest absolute Gasteiger partial charge is 0.493 e. The van der Waals surface area contributed by atoms with Crippen molar-refractivity contribution in [2.24, 2.45) is 0 Å². The van der Waals surface area contributed by atoms with Crippen LogP contribution in [0.5, 0.6) is 34.5 Å². The Labute approximate surface area is 428 Å². The van der Waals surface area contributed by atoms with Crippen molar-refractivity contribution < 1.29 is 28.4 Å². The monoisotopic (exact) mass is 971 g/mol. The minimum absolute atomic E-state index is 0.564. The minimum Gasteiger partial charge on any atom is -0.493 e. The van der Waals surface area contributed by atoms with Crippen LogP contribution in [0.2, 0.25) is 0 Å². The van der Waals surface area contributed by atoms with Crippen LogP contribution in [-0.2, 0) is 0 Å². The molecule has 0 spiro atoms. The second kappa shape index (κ2) is 28.2. The van der Waals surface area contributed by atoms with E-state index in [1.165, 1.54) is 0 Å². The number of hydrogen-bond donors (Lipinski definition) is 0. The quantitative estimate of drug-likeness (QED) is 0.0404. The van der Waals surface area contributed by atoms with Crippen LogP contribution in [0.1, 0.15) is 119 Å². The Morgan fingerprint density at radius 3 is 0.931 bits per heavy atom. The molecule has 0 bridgehead atoms. The summed E-state index contributed by atoms with van der Waals surface area (Å²) in [7, 11) is 0. The van der Waals surface area contributed by atoms with Crippen molar-refractivity contribution in [3.63, 3.8) is 0 Å². The number of nitrogens with zero attached hydrogens (tertiary/aromatic N) is 4. The van der Waals surface area contributed by atoms with Gasteiger partial charge in [0, 0.05) is 81.1 Å². The van der Waals surface area contributed by atoms with E-state index in [0.717, 1.165) is 179 Å². The van der Waals surface area contributed by atoms with Gasteiger partial charge in [0.25, 0.3) is 0 Å². The summed E-state index contributed by atoms with van der Waals surface area (Å²) in [5.41, 5.74) is 10.5. The molecule has 72 heavy (non-hydrogen) atoms. The van der Waals surface area contributed by atoms with Crippen LogP contribution in [0.15, 0.2) is 122 Å². The van der Waals surface area contributed by atoms with Gasteiger partial charge in [0.2, 0.25) is 0 Å². The van der Waals surface area contributed by atoms with Gasteiger partial charge in [0.15, 0.2) is 0 Å². The lowest BCUT2D eigenvalue weighted by atomic mass is 9.98. The van der Waals surface area contributed by atoms with E-state index in [1.54, 1.807) is 6.20 Å². The van der Waals surface area contributed by atoms with E-state index in [0.29, 0.717) is 39.6 Å². The third kappa shape index (κ3) is 14.1. The molecule has 0 unspecified atom stereocenters. The highest BCUT2D eigenvalue weighted by molar-refractivity contribution is 5.84. The van der Waals surface area contributed by atoms with Gasteiger partial charge in [-0.15, -0.1) is 0 Å². The van der Waals surface area contributed by atoms with Crippen LogP contribution in [-0.4, -0.2) is 59.6 Å². The molecule has 4 aromatic heterocycles. The molecule has 0 amide bonds. The van der Waals surface area contributed by atoms with E-state index in [1.807, 2.05) is 49.1 Å². The first kappa shape index (κ1) is 52.9. The highest BCUT2D eigenvalue weighted by atomic mass is 16.5. The molecule has 7 rings (SSSR count). The molecule has 0 saturated carbocycles. The summed E-state index contributed by atoms with van der Waals surface area (Å²) in [5.74, 6) is 4.53. The number of hydrogen-bond acceptors (Lipinski definition) is 10.